The van der Waals surface area contributed by atoms with Gasteiger partial charge >= 0.3 is 0 Å². The van der Waals surface area contributed by atoms with Gasteiger partial charge in [0.15, 0.2) is 5.76 Å². The highest BCUT2D eigenvalue weighted by atomic mass is 16.5. The normalized spacial score (nSPS) is 11.2. The molecule has 0 amide bonds. The smallest absolute Gasteiger partial charge is 0.235 e. The predicted octanol–water partition coefficient (Wildman–Crippen LogP) is 5.33. The summed E-state index contributed by atoms with van der Waals surface area (Å²) in [5, 5.41) is 7.49. The Morgan fingerprint density at radius 3 is 2.11 bits per heavy atom. The minimum atomic E-state index is -0.159. The number of hydrogen-bond acceptors (Lipinski definition) is 6. The van der Waals surface area contributed by atoms with E-state index in [2.05, 4.69) is 22.8 Å². The molecule has 0 atom stereocenters. The molecule has 0 saturated carbocycles. The quantitative estimate of drug-likeness (QED) is 0.203. The van der Waals surface area contributed by atoms with Crippen LogP contribution in [0, 0.1) is 0 Å². The second-order valence-electron chi connectivity index (χ2n) is 9.16. The maximum absolute atomic E-state index is 13.3. The maximum atomic E-state index is 13.3. The summed E-state index contributed by atoms with van der Waals surface area (Å²) < 4.78 is 11.9. The second kappa shape index (κ2) is 13.7. The zero-order valence-corrected chi connectivity index (χ0v) is 21.6. The summed E-state index contributed by atoms with van der Waals surface area (Å²) in [5.41, 5.74) is 9.96. The third kappa shape index (κ3) is 6.86. The maximum Gasteiger partial charge on any atom is 0.235 e. The molecule has 4 N–H and O–H groups in total. The predicted molar refractivity (Wildman–Crippen MR) is 152 cm³/mol. The molecule has 4 aromatic rings. The Kier molecular flexibility index (Phi) is 9.89. The van der Waals surface area contributed by atoms with E-state index in [0.717, 1.165) is 74.1 Å². The lowest BCUT2D eigenvalue weighted by Gasteiger charge is -2.13. The Morgan fingerprint density at radius 2 is 1.41 bits per heavy atom. The highest BCUT2D eigenvalue weighted by molar-refractivity contribution is 5.84. The Bertz CT molecular complexity index is 1320. The Morgan fingerprint density at radius 1 is 0.757 bits per heavy atom. The number of fused-ring (bicyclic) bond motifs is 1. The molecule has 0 spiro atoms. The van der Waals surface area contributed by atoms with Crippen LogP contribution in [0.3, 0.4) is 0 Å². The van der Waals surface area contributed by atoms with E-state index in [9.17, 15) is 4.79 Å². The molecule has 37 heavy (non-hydrogen) atoms. The SMILES string of the molecule is COc1c(-c2ccc(-c3ccccc3)cc2)oc2c(CNCCCCNCCCCN)cccc2c1=O. The van der Waals surface area contributed by atoms with Gasteiger partial charge in [-0.15, -0.1) is 0 Å². The molecule has 0 aliphatic carbocycles. The van der Waals surface area contributed by atoms with E-state index in [0.29, 0.717) is 23.3 Å². The summed E-state index contributed by atoms with van der Waals surface area (Å²) in [4.78, 5) is 13.3. The van der Waals surface area contributed by atoms with Crippen molar-refractivity contribution in [3.8, 4) is 28.2 Å². The first-order chi connectivity index (χ1) is 18.2. The molecule has 0 aliphatic rings. The van der Waals surface area contributed by atoms with Gasteiger partial charge < -0.3 is 25.5 Å². The molecule has 1 heterocycles. The molecule has 0 fully saturated rings. The van der Waals surface area contributed by atoms with E-state index < -0.39 is 0 Å². The summed E-state index contributed by atoms with van der Waals surface area (Å²) in [6.45, 7) is 4.33. The summed E-state index contributed by atoms with van der Waals surface area (Å²) in [6.07, 6.45) is 4.39. The van der Waals surface area contributed by atoms with Crippen molar-refractivity contribution in [3.63, 3.8) is 0 Å². The minimum Gasteiger partial charge on any atom is -0.490 e. The molecule has 4 rings (SSSR count). The van der Waals surface area contributed by atoms with Gasteiger partial charge in [0, 0.05) is 17.7 Å². The van der Waals surface area contributed by atoms with E-state index >= 15 is 0 Å². The lowest BCUT2D eigenvalue weighted by Crippen LogP contribution is -2.20. The summed E-state index contributed by atoms with van der Waals surface area (Å²) in [7, 11) is 1.51. The Balaban J connectivity index is 1.47. The molecule has 6 nitrogen and oxygen atoms in total. The largest absolute Gasteiger partial charge is 0.490 e. The van der Waals surface area contributed by atoms with E-state index in [4.69, 9.17) is 14.9 Å². The van der Waals surface area contributed by atoms with Crippen LogP contribution in [0.2, 0.25) is 0 Å². The van der Waals surface area contributed by atoms with Crippen molar-refractivity contribution in [3.05, 3.63) is 88.6 Å². The third-order valence-corrected chi connectivity index (χ3v) is 6.50. The summed E-state index contributed by atoms with van der Waals surface area (Å²) >= 11 is 0. The van der Waals surface area contributed by atoms with Crippen LogP contribution in [0.4, 0.5) is 0 Å². The van der Waals surface area contributed by atoms with Crippen LogP contribution < -0.4 is 26.5 Å². The topological polar surface area (TPSA) is 89.5 Å². The fourth-order valence-electron chi connectivity index (χ4n) is 4.46. The zero-order valence-electron chi connectivity index (χ0n) is 21.6. The molecule has 0 bridgehead atoms. The van der Waals surface area contributed by atoms with Gasteiger partial charge in [-0.3, -0.25) is 4.79 Å². The fraction of sp³-hybridized carbons (Fsp3) is 0.323. The van der Waals surface area contributed by atoms with Crippen LogP contribution in [-0.2, 0) is 6.54 Å². The zero-order chi connectivity index (χ0) is 25.9. The first kappa shape index (κ1) is 26.6. The molecule has 0 unspecified atom stereocenters. The summed E-state index contributed by atoms with van der Waals surface area (Å²) in [5.74, 6) is 0.678. The van der Waals surface area contributed by atoms with E-state index in [1.54, 1.807) is 6.07 Å². The van der Waals surface area contributed by atoms with Crippen molar-refractivity contribution in [2.24, 2.45) is 5.73 Å². The van der Waals surface area contributed by atoms with Gasteiger partial charge in [-0.05, 0) is 69.1 Å². The lowest BCUT2D eigenvalue weighted by atomic mass is 10.0. The number of nitrogens with one attached hydrogen (secondary N) is 2. The van der Waals surface area contributed by atoms with Crippen LogP contribution in [0.25, 0.3) is 33.4 Å². The molecule has 0 saturated heterocycles. The van der Waals surface area contributed by atoms with Gasteiger partial charge in [0.2, 0.25) is 11.2 Å². The number of unbranched alkanes of at least 4 members (excludes halogenated alkanes) is 2. The van der Waals surface area contributed by atoms with Crippen LogP contribution in [0.5, 0.6) is 5.75 Å². The van der Waals surface area contributed by atoms with Gasteiger partial charge in [0.1, 0.15) is 5.58 Å². The number of ether oxygens (including phenoxy) is 1. The monoisotopic (exact) mass is 499 g/mol. The molecule has 0 aliphatic heterocycles. The van der Waals surface area contributed by atoms with Gasteiger partial charge in [0.25, 0.3) is 0 Å². The van der Waals surface area contributed by atoms with Crippen LogP contribution in [0.15, 0.2) is 82.0 Å². The Hall–Kier alpha value is -3.45. The third-order valence-electron chi connectivity index (χ3n) is 6.50. The number of benzene rings is 3. The molecule has 0 radical (unpaired) electrons. The first-order valence-corrected chi connectivity index (χ1v) is 13.1. The standard InChI is InChI=1S/C31H37N3O3/c1-36-31-28(35)27-13-9-12-26(22-34-21-8-7-20-33-19-6-5-18-32)29(27)37-30(31)25-16-14-24(15-17-25)23-10-3-2-4-11-23/h2-4,9-17,33-34H,5-8,18-22,32H2,1H3. The van der Waals surface area contributed by atoms with Gasteiger partial charge in [-0.1, -0.05) is 66.7 Å². The van der Waals surface area contributed by atoms with Crippen LogP contribution >= 0.6 is 0 Å². The highest BCUT2D eigenvalue weighted by Crippen LogP contribution is 2.33. The molecular formula is C31H37N3O3. The fourth-order valence-corrected chi connectivity index (χ4v) is 4.46. The molecule has 6 heteroatoms. The summed E-state index contributed by atoms with van der Waals surface area (Å²) in [6, 6.07) is 23.9. The average Bonchev–Trinajstić information content (AvgIpc) is 2.94. The van der Waals surface area contributed by atoms with Crippen LogP contribution in [-0.4, -0.2) is 33.3 Å². The van der Waals surface area contributed by atoms with Crippen molar-refractivity contribution in [1.29, 1.82) is 0 Å². The van der Waals surface area contributed by atoms with Crippen LogP contribution in [0.1, 0.15) is 31.2 Å². The van der Waals surface area contributed by atoms with Gasteiger partial charge in [-0.2, -0.15) is 0 Å². The second-order valence-corrected chi connectivity index (χ2v) is 9.16. The molecule has 194 valence electrons. The molecule has 3 aromatic carbocycles. The van der Waals surface area contributed by atoms with Crippen molar-refractivity contribution >= 4 is 11.0 Å². The lowest BCUT2D eigenvalue weighted by molar-refractivity contribution is 0.398. The van der Waals surface area contributed by atoms with E-state index in [1.165, 1.54) is 7.11 Å². The number of hydrogen-bond donors (Lipinski definition) is 3. The highest BCUT2D eigenvalue weighted by Gasteiger charge is 2.18. The molecular weight excluding hydrogens is 462 g/mol. The van der Waals surface area contributed by atoms with Gasteiger partial charge in [-0.25, -0.2) is 0 Å². The van der Waals surface area contributed by atoms with Crippen molar-refractivity contribution in [2.75, 3.05) is 33.3 Å². The van der Waals surface area contributed by atoms with E-state index in [1.807, 2.05) is 54.6 Å². The average molecular weight is 500 g/mol. The number of rotatable bonds is 14. The number of methoxy groups -OCH3 is 1. The van der Waals surface area contributed by atoms with E-state index in [-0.39, 0.29) is 11.2 Å². The number of para-hydroxylation sites is 1. The van der Waals surface area contributed by atoms with Gasteiger partial charge in [0.05, 0.1) is 12.5 Å². The first-order valence-electron chi connectivity index (χ1n) is 13.1. The Labute approximate surface area is 218 Å². The number of nitrogens with two attached hydrogens (primary N) is 1. The van der Waals surface area contributed by atoms with Crippen molar-refractivity contribution in [1.82, 2.24) is 10.6 Å². The molecule has 1 aromatic heterocycles. The van der Waals surface area contributed by atoms with Crippen molar-refractivity contribution < 1.29 is 9.15 Å². The van der Waals surface area contributed by atoms with Crippen molar-refractivity contribution in [2.45, 2.75) is 32.2 Å². The minimum absolute atomic E-state index is 0.159.